The topological polar surface area (TPSA) is 52.6 Å². The van der Waals surface area contributed by atoms with Crippen molar-refractivity contribution in [2.75, 3.05) is 27.2 Å². The molecule has 0 aliphatic heterocycles. The number of aromatic carboxylic acids is 1. The van der Waals surface area contributed by atoms with E-state index in [2.05, 4.69) is 10.2 Å². The molecule has 0 saturated heterocycles. The van der Waals surface area contributed by atoms with Gasteiger partial charge in [0.15, 0.2) is 0 Å². The van der Waals surface area contributed by atoms with E-state index in [0.29, 0.717) is 4.88 Å². The van der Waals surface area contributed by atoms with Gasteiger partial charge in [-0.05, 0) is 26.2 Å². The third-order valence-electron chi connectivity index (χ3n) is 1.91. The lowest BCUT2D eigenvalue weighted by Crippen LogP contribution is -2.25. The van der Waals surface area contributed by atoms with Gasteiger partial charge >= 0.3 is 5.97 Å². The molecule has 4 nitrogen and oxygen atoms in total. The lowest BCUT2D eigenvalue weighted by atomic mass is 10.4. The summed E-state index contributed by atoms with van der Waals surface area (Å²) >= 11 is 1.32. The number of hydrogen-bond donors (Lipinski definition) is 2. The summed E-state index contributed by atoms with van der Waals surface area (Å²) in [6, 6.07) is 3.51. The zero-order valence-electron chi connectivity index (χ0n) is 8.99. The van der Waals surface area contributed by atoms with Crippen molar-refractivity contribution in [3.05, 3.63) is 21.9 Å². The van der Waals surface area contributed by atoms with Crippen LogP contribution in [0.1, 0.15) is 14.5 Å². The molecule has 0 aromatic carbocycles. The molecule has 15 heavy (non-hydrogen) atoms. The van der Waals surface area contributed by atoms with Crippen molar-refractivity contribution in [2.24, 2.45) is 0 Å². The summed E-state index contributed by atoms with van der Waals surface area (Å²) in [4.78, 5) is 14.2. The molecule has 84 valence electrons. The molecule has 0 radical (unpaired) electrons. The molecule has 0 saturated carbocycles. The fraction of sp³-hybridized carbons (Fsp3) is 0.500. The van der Waals surface area contributed by atoms with Crippen LogP contribution in [0.25, 0.3) is 0 Å². The lowest BCUT2D eigenvalue weighted by molar-refractivity contribution is 0.0702. The molecule has 1 heterocycles. The summed E-state index contributed by atoms with van der Waals surface area (Å²) in [5.41, 5.74) is 0. The number of hydrogen-bond acceptors (Lipinski definition) is 4. The highest BCUT2D eigenvalue weighted by molar-refractivity contribution is 7.13. The monoisotopic (exact) mass is 228 g/mol. The summed E-state index contributed by atoms with van der Waals surface area (Å²) < 4.78 is 0. The van der Waals surface area contributed by atoms with Crippen LogP contribution in [0.15, 0.2) is 12.1 Å². The highest BCUT2D eigenvalue weighted by Gasteiger charge is 2.05. The molecule has 0 aliphatic carbocycles. The van der Waals surface area contributed by atoms with E-state index < -0.39 is 5.97 Å². The number of carboxylic acids is 1. The molecule has 0 aliphatic rings. The normalized spacial score (nSPS) is 10.9. The number of carbonyl (C=O) groups is 1. The Kier molecular flexibility index (Phi) is 4.74. The molecule has 5 heteroatoms. The Hall–Kier alpha value is -0.910. The Bertz CT molecular complexity index is 323. The number of nitrogens with one attached hydrogen (secondary N) is 1. The van der Waals surface area contributed by atoms with Crippen LogP contribution in [0.3, 0.4) is 0 Å². The maximum atomic E-state index is 10.6. The van der Waals surface area contributed by atoms with Gasteiger partial charge in [-0.3, -0.25) is 0 Å². The average Bonchev–Trinajstić information content (AvgIpc) is 2.60. The fourth-order valence-electron chi connectivity index (χ4n) is 1.10. The van der Waals surface area contributed by atoms with E-state index in [9.17, 15) is 4.79 Å². The number of carboxylic acid groups (broad SMARTS) is 1. The minimum absolute atomic E-state index is 0.402. The predicted octanol–water partition coefficient (Wildman–Crippen LogP) is 1.10. The summed E-state index contributed by atoms with van der Waals surface area (Å²) in [6.07, 6.45) is 0. The van der Waals surface area contributed by atoms with Crippen molar-refractivity contribution in [1.82, 2.24) is 10.2 Å². The first kappa shape index (κ1) is 12.2. The first-order valence-corrected chi connectivity index (χ1v) is 5.58. The largest absolute Gasteiger partial charge is 0.477 e. The van der Waals surface area contributed by atoms with Crippen LogP contribution in [0.5, 0.6) is 0 Å². The first-order chi connectivity index (χ1) is 7.09. The first-order valence-electron chi connectivity index (χ1n) is 4.77. The van der Waals surface area contributed by atoms with Gasteiger partial charge in [-0.2, -0.15) is 0 Å². The second-order valence-electron chi connectivity index (χ2n) is 3.55. The predicted molar refractivity (Wildman–Crippen MR) is 61.5 cm³/mol. The van der Waals surface area contributed by atoms with E-state index in [4.69, 9.17) is 5.11 Å². The van der Waals surface area contributed by atoms with Crippen LogP contribution in [0, 0.1) is 0 Å². The van der Waals surface area contributed by atoms with Crippen LogP contribution in [0.4, 0.5) is 0 Å². The van der Waals surface area contributed by atoms with E-state index in [1.165, 1.54) is 11.3 Å². The quantitative estimate of drug-likeness (QED) is 0.716. The molecule has 1 aromatic rings. The maximum absolute atomic E-state index is 10.6. The summed E-state index contributed by atoms with van der Waals surface area (Å²) in [6.45, 7) is 2.64. The van der Waals surface area contributed by atoms with Crippen LogP contribution in [0.2, 0.25) is 0 Å². The van der Waals surface area contributed by atoms with Gasteiger partial charge < -0.3 is 15.3 Å². The van der Waals surface area contributed by atoms with Crippen LogP contribution < -0.4 is 5.32 Å². The van der Waals surface area contributed by atoms with E-state index in [1.807, 2.05) is 20.2 Å². The van der Waals surface area contributed by atoms with E-state index in [-0.39, 0.29) is 0 Å². The van der Waals surface area contributed by atoms with Crippen molar-refractivity contribution in [3.63, 3.8) is 0 Å². The molecule has 1 rings (SSSR count). The Labute approximate surface area is 93.5 Å². The molecule has 0 bridgehead atoms. The van der Waals surface area contributed by atoms with Crippen LogP contribution in [-0.4, -0.2) is 43.2 Å². The molecule has 0 amide bonds. The second-order valence-corrected chi connectivity index (χ2v) is 4.72. The summed E-state index contributed by atoms with van der Waals surface area (Å²) in [7, 11) is 4.05. The van der Waals surface area contributed by atoms with Crippen molar-refractivity contribution in [1.29, 1.82) is 0 Å². The van der Waals surface area contributed by atoms with Gasteiger partial charge in [0.2, 0.25) is 0 Å². The zero-order valence-corrected chi connectivity index (χ0v) is 9.80. The third kappa shape index (κ3) is 4.42. The van der Waals surface area contributed by atoms with Crippen molar-refractivity contribution < 1.29 is 9.90 Å². The van der Waals surface area contributed by atoms with Gasteiger partial charge in [0.1, 0.15) is 4.88 Å². The Balaban J connectivity index is 2.29. The molecule has 1 aromatic heterocycles. The highest BCUT2D eigenvalue weighted by atomic mass is 32.1. The van der Waals surface area contributed by atoms with Crippen LogP contribution in [-0.2, 0) is 6.54 Å². The van der Waals surface area contributed by atoms with Gasteiger partial charge in [-0.25, -0.2) is 4.79 Å². The number of likely N-dealkylation sites (N-methyl/N-ethyl adjacent to an activating group) is 1. The average molecular weight is 228 g/mol. The molecule has 0 atom stereocenters. The molecule has 0 unspecified atom stereocenters. The maximum Gasteiger partial charge on any atom is 0.345 e. The van der Waals surface area contributed by atoms with Crippen LogP contribution >= 0.6 is 11.3 Å². The molecule has 2 N–H and O–H groups in total. The molecular weight excluding hydrogens is 212 g/mol. The Morgan fingerprint density at radius 1 is 1.53 bits per heavy atom. The SMILES string of the molecule is CN(C)CCNCc1ccc(C(=O)O)s1. The zero-order chi connectivity index (χ0) is 11.3. The van der Waals surface area contributed by atoms with Gasteiger partial charge in [0, 0.05) is 24.5 Å². The highest BCUT2D eigenvalue weighted by Crippen LogP contribution is 2.15. The summed E-state index contributed by atoms with van der Waals surface area (Å²) in [5, 5.41) is 12.0. The van der Waals surface area contributed by atoms with E-state index in [0.717, 1.165) is 24.5 Å². The number of rotatable bonds is 6. The molecular formula is C10H16N2O2S. The van der Waals surface area contributed by atoms with Gasteiger partial charge in [0.05, 0.1) is 0 Å². The van der Waals surface area contributed by atoms with Crippen molar-refractivity contribution in [3.8, 4) is 0 Å². The minimum atomic E-state index is -0.848. The Morgan fingerprint density at radius 3 is 2.80 bits per heavy atom. The standard InChI is InChI=1S/C10H16N2O2S/c1-12(2)6-5-11-7-8-3-4-9(15-8)10(13)14/h3-4,11H,5-7H2,1-2H3,(H,13,14). The Morgan fingerprint density at radius 2 is 2.27 bits per heavy atom. The van der Waals surface area contributed by atoms with Gasteiger partial charge in [0.25, 0.3) is 0 Å². The van der Waals surface area contributed by atoms with Crippen molar-refractivity contribution >= 4 is 17.3 Å². The second kappa shape index (κ2) is 5.85. The molecule has 0 spiro atoms. The summed E-state index contributed by atoms with van der Waals surface area (Å²) in [5.74, 6) is -0.848. The third-order valence-corrected chi connectivity index (χ3v) is 2.98. The minimum Gasteiger partial charge on any atom is -0.477 e. The van der Waals surface area contributed by atoms with Crippen molar-refractivity contribution in [2.45, 2.75) is 6.54 Å². The number of nitrogens with zero attached hydrogens (tertiary/aromatic N) is 1. The van der Waals surface area contributed by atoms with Gasteiger partial charge in [-0.1, -0.05) is 0 Å². The van der Waals surface area contributed by atoms with Gasteiger partial charge in [-0.15, -0.1) is 11.3 Å². The van der Waals surface area contributed by atoms with E-state index in [1.54, 1.807) is 6.07 Å². The smallest absolute Gasteiger partial charge is 0.345 e. The fourth-order valence-corrected chi connectivity index (χ4v) is 1.92. The lowest BCUT2D eigenvalue weighted by Gasteiger charge is -2.09. The number of thiophene rings is 1. The van der Waals surface area contributed by atoms with E-state index >= 15 is 0 Å². The molecule has 0 fully saturated rings.